The molecule has 1 atom stereocenters. The smallest absolute Gasteiger partial charge is 0.236 e. The van der Waals surface area contributed by atoms with E-state index in [1.165, 1.54) is 6.42 Å². The van der Waals surface area contributed by atoms with Crippen molar-refractivity contribution >= 4 is 5.91 Å². The molecule has 2 rings (SSSR count). The van der Waals surface area contributed by atoms with Crippen molar-refractivity contribution in [1.29, 1.82) is 0 Å². The molecule has 1 amide bonds. The topological polar surface area (TPSA) is 41.6 Å². The zero-order valence-corrected chi connectivity index (χ0v) is 12.4. The van der Waals surface area contributed by atoms with Crippen LogP contribution in [0.1, 0.15) is 37.8 Å². The molecule has 1 saturated heterocycles. The quantitative estimate of drug-likeness (QED) is 0.897. The van der Waals surface area contributed by atoms with Crippen LogP contribution in [0.5, 0.6) is 5.75 Å². The minimum absolute atomic E-state index is 0.138. The fourth-order valence-electron chi connectivity index (χ4n) is 2.52. The second-order valence-electron chi connectivity index (χ2n) is 5.32. The Balaban J connectivity index is 1.84. The van der Waals surface area contributed by atoms with E-state index in [0.717, 1.165) is 37.2 Å². The molecule has 1 fully saturated rings. The van der Waals surface area contributed by atoms with Gasteiger partial charge in [-0.15, -0.1) is 0 Å². The molecule has 110 valence electrons. The van der Waals surface area contributed by atoms with Gasteiger partial charge in [0.2, 0.25) is 5.91 Å². The molecular weight excluding hydrogens is 252 g/mol. The van der Waals surface area contributed by atoms with Gasteiger partial charge in [-0.25, -0.2) is 0 Å². The zero-order valence-electron chi connectivity index (χ0n) is 12.4. The molecule has 1 heterocycles. The maximum atomic E-state index is 12.1. The summed E-state index contributed by atoms with van der Waals surface area (Å²) in [4.78, 5) is 14.1. The van der Waals surface area contributed by atoms with Crippen LogP contribution in [0, 0.1) is 0 Å². The van der Waals surface area contributed by atoms with E-state index < -0.39 is 0 Å². The van der Waals surface area contributed by atoms with Crippen LogP contribution in [0.2, 0.25) is 0 Å². The number of hydrogen-bond donors (Lipinski definition) is 1. The number of likely N-dealkylation sites (tertiary alicyclic amines) is 1. The number of rotatable bonds is 5. The number of ether oxygens (including phenoxy) is 1. The number of piperidine rings is 1. The van der Waals surface area contributed by atoms with Crippen molar-refractivity contribution < 1.29 is 9.53 Å². The zero-order chi connectivity index (χ0) is 14.4. The van der Waals surface area contributed by atoms with Gasteiger partial charge in [-0.3, -0.25) is 4.79 Å². The van der Waals surface area contributed by atoms with Crippen molar-refractivity contribution in [1.82, 2.24) is 10.2 Å². The molecule has 1 aromatic rings. The molecule has 0 unspecified atom stereocenters. The summed E-state index contributed by atoms with van der Waals surface area (Å²) in [6.07, 6.45) is 3.52. The van der Waals surface area contributed by atoms with E-state index >= 15 is 0 Å². The van der Waals surface area contributed by atoms with Crippen LogP contribution in [-0.4, -0.2) is 37.6 Å². The lowest BCUT2D eigenvalue weighted by Gasteiger charge is -2.27. The fourth-order valence-corrected chi connectivity index (χ4v) is 2.52. The first-order valence-corrected chi connectivity index (χ1v) is 7.36. The predicted octanol–water partition coefficient (Wildman–Crippen LogP) is 2.36. The Kier molecular flexibility index (Phi) is 5.41. The van der Waals surface area contributed by atoms with Crippen molar-refractivity contribution in [2.24, 2.45) is 0 Å². The van der Waals surface area contributed by atoms with Gasteiger partial charge in [-0.2, -0.15) is 0 Å². The van der Waals surface area contributed by atoms with Crippen molar-refractivity contribution in [3.05, 3.63) is 29.8 Å². The van der Waals surface area contributed by atoms with Crippen LogP contribution in [0.15, 0.2) is 24.3 Å². The van der Waals surface area contributed by atoms with Crippen molar-refractivity contribution in [3.63, 3.8) is 0 Å². The molecule has 20 heavy (non-hydrogen) atoms. The van der Waals surface area contributed by atoms with Crippen molar-refractivity contribution in [3.8, 4) is 5.75 Å². The first kappa shape index (κ1) is 14.9. The predicted molar refractivity (Wildman–Crippen MR) is 79.8 cm³/mol. The Bertz CT molecular complexity index is 442. The van der Waals surface area contributed by atoms with Gasteiger partial charge in [-0.1, -0.05) is 12.1 Å². The molecule has 1 aliphatic heterocycles. The average molecular weight is 276 g/mol. The van der Waals surface area contributed by atoms with Gasteiger partial charge in [0.25, 0.3) is 0 Å². The minimum atomic E-state index is 0.138. The minimum Gasteiger partial charge on any atom is -0.497 e. The van der Waals surface area contributed by atoms with E-state index in [0.29, 0.717) is 6.54 Å². The van der Waals surface area contributed by atoms with Crippen LogP contribution < -0.4 is 10.1 Å². The Morgan fingerprint density at radius 3 is 2.80 bits per heavy atom. The Morgan fingerprint density at radius 2 is 2.10 bits per heavy atom. The number of carbonyl (C=O) groups is 1. The Morgan fingerprint density at radius 1 is 1.35 bits per heavy atom. The summed E-state index contributed by atoms with van der Waals surface area (Å²) in [5.74, 6) is 1.05. The highest BCUT2D eigenvalue weighted by Crippen LogP contribution is 2.18. The van der Waals surface area contributed by atoms with Crippen LogP contribution >= 0.6 is 0 Å². The molecule has 1 aliphatic rings. The molecule has 4 nitrogen and oxygen atoms in total. The normalized spacial score (nSPS) is 16.8. The molecule has 0 radical (unpaired) electrons. The highest BCUT2D eigenvalue weighted by molar-refractivity contribution is 5.78. The molecule has 0 aliphatic carbocycles. The summed E-state index contributed by atoms with van der Waals surface area (Å²) in [5, 5.41) is 3.30. The number of hydrogen-bond acceptors (Lipinski definition) is 3. The van der Waals surface area contributed by atoms with E-state index in [-0.39, 0.29) is 11.9 Å². The second kappa shape index (κ2) is 7.29. The molecule has 0 aromatic heterocycles. The number of nitrogens with zero attached hydrogens (tertiary/aromatic N) is 1. The molecule has 1 N–H and O–H groups in total. The van der Waals surface area contributed by atoms with Gasteiger partial charge in [0.1, 0.15) is 5.75 Å². The van der Waals surface area contributed by atoms with Crippen molar-refractivity contribution in [2.45, 2.75) is 32.2 Å². The molecule has 0 saturated carbocycles. The van der Waals surface area contributed by atoms with Gasteiger partial charge in [-0.05, 0) is 43.9 Å². The average Bonchev–Trinajstić information content (AvgIpc) is 2.53. The van der Waals surface area contributed by atoms with Crippen molar-refractivity contribution in [2.75, 3.05) is 26.7 Å². The van der Waals surface area contributed by atoms with Crippen LogP contribution in [-0.2, 0) is 4.79 Å². The summed E-state index contributed by atoms with van der Waals surface area (Å²) in [6, 6.07) is 8.08. The third-order valence-corrected chi connectivity index (χ3v) is 3.86. The van der Waals surface area contributed by atoms with E-state index in [1.807, 2.05) is 29.2 Å². The van der Waals surface area contributed by atoms with E-state index in [4.69, 9.17) is 4.74 Å². The van der Waals surface area contributed by atoms with Crippen LogP contribution in [0.25, 0.3) is 0 Å². The summed E-state index contributed by atoms with van der Waals surface area (Å²) in [7, 11) is 1.66. The molecule has 1 aromatic carbocycles. The molecular formula is C16H24N2O2. The van der Waals surface area contributed by atoms with E-state index in [2.05, 4.69) is 12.2 Å². The first-order chi connectivity index (χ1) is 9.70. The highest BCUT2D eigenvalue weighted by Gasteiger charge is 2.17. The maximum Gasteiger partial charge on any atom is 0.236 e. The standard InChI is InChI=1S/C16H24N2O2/c1-13(14-7-6-8-15(11-14)20-2)17-12-16(19)18-9-4-3-5-10-18/h6-8,11,13,17H,3-5,9-10,12H2,1-2H3/t13-/m0/s1. The summed E-state index contributed by atoms with van der Waals surface area (Å²) in [6.45, 7) is 4.29. The van der Waals surface area contributed by atoms with Gasteiger partial charge in [0.15, 0.2) is 0 Å². The van der Waals surface area contributed by atoms with Crippen LogP contribution in [0.4, 0.5) is 0 Å². The van der Waals surface area contributed by atoms with Gasteiger partial charge < -0.3 is 15.0 Å². The number of methoxy groups -OCH3 is 1. The maximum absolute atomic E-state index is 12.1. The summed E-state index contributed by atoms with van der Waals surface area (Å²) >= 11 is 0. The van der Waals surface area contributed by atoms with E-state index in [1.54, 1.807) is 7.11 Å². The Hall–Kier alpha value is -1.55. The van der Waals surface area contributed by atoms with Crippen LogP contribution in [0.3, 0.4) is 0 Å². The molecule has 0 spiro atoms. The lowest BCUT2D eigenvalue weighted by atomic mass is 10.1. The molecule has 0 bridgehead atoms. The monoisotopic (exact) mass is 276 g/mol. The third-order valence-electron chi connectivity index (χ3n) is 3.86. The fraction of sp³-hybridized carbons (Fsp3) is 0.562. The molecule has 4 heteroatoms. The lowest BCUT2D eigenvalue weighted by molar-refractivity contribution is -0.131. The van der Waals surface area contributed by atoms with E-state index in [9.17, 15) is 4.79 Å². The lowest BCUT2D eigenvalue weighted by Crippen LogP contribution is -2.41. The van der Waals surface area contributed by atoms with Gasteiger partial charge in [0, 0.05) is 19.1 Å². The SMILES string of the molecule is COc1cccc([C@H](C)NCC(=O)N2CCCCC2)c1. The number of amides is 1. The van der Waals surface area contributed by atoms with Gasteiger partial charge in [0.05, 0.1) is 13.7 Å². The number of benzene rings is 1. The summed E-state index contributed by atoms with van der Waals surface area (Å²) < 4.78 is 5.22. The van der Waals surface area contributed by atoms with Gasteiger partial charge >= 0.3 is 0 Å². The number of nitrogens with one attached hydrogen (secondary N) is 1. The second-order valence-corrected chi connectivity index (χ2v) is 5.32. The number of carbonyl (C=O) groups excluding carboxylic acids is 1. The Labute approximate surface area is 121 Å². The first-order valence-electron chi connectivity index (χ1n) is 7.36. The summed E-state index contributed by atoms with van der Waals surface area (Å²) in [5.41, 5.74) is 1.13. The largest absolute Gasteiger partial charge is 0.497 e. The third kappa shape index (κ3) is 3.97. The highest BCUT2D eigenvalue weighted by atomic mass is 16.5.